The van der Waals surface area contributed by atoms with Gasteiger partial charge in [0.25, 0.3) is 11.5 Å². The summed E-state index contributed by atoms with van der Waals surface area (Å²) in [4.78, 5) is 30.7. The van der Waals surface area contributed by atoms with Crippen molar-refractivity contribution in [1.82, 2.24) is 9.97 Å². The van der Waals surface area contributed by atoms with E-state index in [0.29, 0.717) is 15.7 Å². The van der Waals surface area contributed by atoms with Crippen LogP contribution in [0.1, 0.15) is 20.9 Å². The van der Waals surface area contributed by atoms with Crippen molar-refractivity contribution in [2.24, 2.45) is 0 Å². The van der Waals surface area contributed by atoms with Crippen LogP contribution in [-0.2, 0) is 0 Å². The summed E-state index contributed by atoms with van der Waals surface area (Å²) in [5.41, 5.74) is 0.260. The molecule has 0 spiro atoms. The average Bonchev–Trinajstić information content (AvgIpc) is 2.83. The molecule has 0 radical (unpaired) electrons. The molecule has 0 aliphatic heterocycles. The SMILES string of the molecule is Cc1ccc(C(=O)Nc2ncc(C#CCO)s2)c(=O)[nH]1. The molecular formula is C13H11N3O3S. The van der Waals surface area contributed by atoms with E-state index >= 15 is 0 Å². The van der Waals surface area contributed by atoms with E-state index in [2.05, 4.69) is 27.1 Å². The third kappa shape index (κ3) is 3.32. The summed E-state index contributed by atoms with van der Waals surface area (Å²) in [5.74, 6) is 4.64. The van der Waals surface area contributed by atoms with Gasteiger partial charge in [-0.15, -0.1) is 0 Å². The van der Waals surface area contributed by atoms with Gasteiger partial charge in [0.05, 0.1) is 11.1 Å². The van der Waals surface area contributed by atoms with Crippen molar-refractivity contribution in [3.8, 4) is 11.8 Å². The molecule has 20 heavy (non-hydrogen) atoms. The zero-order valence-electron chi connectivity index (χ0n) is 10.6. The van der Waals surface area contributed by atoms with E-state index < -0.39 is 11.5 Å². The van der Waals surface area contributed by atoms with Gasteiger partial charge in [0.2, 0.25) is 0 Å². The van der Waals surface area contributed by atoms with Gasteiger partial charge in [-0.3, -0.25) is 14.9 Å². The van der Waals surface area contributed by atoms with Crippen molar-refractivity contribution in [3.63, 3.8) is 0 Å². The summed E-state index contributed by atoms with van der Waals surface area (Å²) >= 11 is 1.16. The Bertz CT molecular complexity index is 752. The second-order valence-corrected chi connectivity index (χ2v) is 4.86. The monoisotopic (exact) mass is 289 g/mol. The number of aliphatic hydroxyl groups excluding tert-OH is 1. The van der Waals surface area contributed by atoms with Crippen LogP contribution in [0, 0.1) is 18.8 Å². The second kappa shape index (κ2) is 6.14. The van der Waals surface area contributed by atoms with E-state index in [4.69, 9.17) is 5.11 Å². The number of aromatic nitrogens is 2. The number of anilines is 1. The number of aryl methyl sites for hydroxylation is 1. The molecule has 6 nitrogen and oxygen atoms in total. The zero-order valence-corrected chi connectivity index (χ0v) is 11.4. The Morgan fingerprint density at radius 1 is 1.55 bits per heavy atom. The van der Waals surface area contributed by atoms with Gasteiger partial charge in [-0.1, -0.05) is 23.2 Å². The van der Waals surface area contributed by atoms with Gasteiger partial charge in [-0.05, 0) is 19.1 Å². The Hall–Kier alpha value is -2.43. The average molecular weight is 289 g/mol. The fourth-order valence-electron chi connectivity index (χ4n) is 1.43. The molecular weight excluding hydrogens is 278 g/mol. The number of aromatic amines is 1. The molecule has 102 valence electrons. The maximum atomic E-state index is 11.9. The standard InChI is InChI=1S/C13H11N3O3S/c1-8-4-5-10(11(18)15-8)12(19)16-13-14-7-9(20-13)3-2-6-17/h4-5,7,17H,6H2,1H3,(H,15,18)(H,14,16,19). The van der Waals surface area contributed by atoms with E-state index in [1.807, 2.05) is 0 Å². The quantitative estimate of drug-likeness (QED) is 0.710. The predicted molar refractivity (Wildman–Crippen MR) is 75.8 cm³/mol. The Balaban J connectivity index is 2.15. The van der Waals surface area contributed by atoms with Crippen molar-refractivity contribution < 1.29 is 9.90 Å². The van der Waals surface area contributed by atoms with E-state index in [1.54, 1.807) is 13.0 Å². The van der Waals surface area contributed by atoms with Gasteiger partial charge in [-0.2, -0.15) is 0 Å². The molecule has 0 aromatic carbocycles. The Morgan fingerprint density at radius 3 is 3.05 bits per heavy atom. The number of thiazole rings is 1. The van der Waals surface area contributed by atoms with Crippen LogP contribution in [0.5, 0.6) is 0 Å². The van der Waals surface area contributed by atoms with Gasteiger partial charge in [0, 0.05) is 5.69 Å². The van der Waals surface area contributed by atoms with Crippen LogP contribution >= 0.6 is 11.3 Å². The lowest BCUT2D eigenvalue weighted by atomic mass is 10.2. The molecule has 2 aromatic rings. The molecule has 0 fully saturated rings. The first kappa shape index (κ1) is 14.0. The van der Waals surface area contributed by atoms with E-state index in [-0.39, 0.29) is 12.2 Å². The van der Waals surface area contributed by atoms with Crippen molar-refractivity contribution >= 4 is 22.4 Å². The number of pyridine rings is 1. The van der Waals surface area contributed by atoms with Crippen LogP contribution in [0.15, 0.2) is 23.1 Å². The Morgan fingerprint density at radius 2 is 2.35 bits per heavy atom. The lowest BCUT2D eigenvalue weighted by molar-refractivity contribution is 0.102. The largest absolute Gasteiger partial charge is 0.384 e. The maximum Gasteiger partial charge on any atom is 0.263 e. The fraction of sp³-hybridized carbons (Fsp3) is 0.154. The third-order valence-corrected chi connectivity index (χ3v) is 3.14. The highest BCUT2D eigenvalue weighted by molar-refractivity contribution is 7.16. The van der Waals surface area contributed by atoms with Gasteiger partial charge >= 0.3 is 0 Å². The third-order valence-electron chi connectivity index (χ3n) is 2.32. The number of rotatable bonds is 2. The van der Waals surface area contributed by atoms with Crippen LogP contribution in [-0.4, -0.2) is 27.6 Å². The second-order valence-electron chi connectivity index (χ2n) is 3.83. The number of carbonyl (C=O) groups is 1. The normalized spacial score (nSPS) is 9.70. The lowest BCUT2D eigenvalue weighted by Crippen LogP contribution is -2.23. The van der Waals surface area contributed by atoms with E-state index in [9.17, 15) is 9.59 Å². The minimum Gasteiger partial charge on any atom is -0.384 e. The molecule has 0 saturated carbocycles. The van der Waals surface area contributed by atoms with E-state index in [0.717, 1.165) is 11.3 Å². The first-order chi connectivity index (χ1) is 9.60. The van der Waals surface area contributed by atoms with Crippen LogP contribution in [0.2, 0.25) is 0 Å². The molecule has 2 aromatic heterocycles. The van der Waals surface area contributed by atoms with Crippen LogP contribution < -0.4 is 10.9 Å². The molecule has 0 unspecified atom stereocenters. The number of nitrogens with zero attached hydrogens (tertiary/aromatic N) is 1. The van der Waals surface area contributed by atoms with Gasteiger partial charge in [-0.25, -0.2) is 4.98 Å². The van der Waals surface area contributed by atoms with Crippen LogP contribution in [0.25, 0.3) is 0 Å². The highest BCUT2D eigenvalue weighted by Crippen LogP contribution is 2.17. The van der Waals surface area contributed by atoms with E-state index in [1.165, 1.54) is 12.3 Å². The van der Waals surface area contributed by atoms with Crippen molar-refractivity contribution in [1.29, 1.82) is 0 Å². The number of aliphatic hydroxyl groups is 1. The van der Waals surface area contributed by atoms with Gasteiger partial charge in [0.15, 0.2) is 5.13 Å². The van der Waals surface area contributed by atoms with Crippen molar-refractivity contribution in [2.75, 3.05) is 11.9 Å². The minimum atomic E-state index is -0.526. The molecule has 0 aliphatic carbocycles. The lowest BCUT2D eigenvalue weighted by Gasteiger charge is -2.01. The first-order valence-electron chi connectivity index (χ1n) is 5.67. The molecule has 0 bridgehead atoms. The van der Waals surface area contributed by atoms with Crippen LogP contribution in [0.4, 0.5) is 5.13 Å². The number of nitrogens with one attached hydrogen (secondary N) is 2. The van der Waals surface area contributed by atoms with Gasteiger partial charge < -0.3 is 10.1 Å². The molecule has 1 amide bonds. The number of carbonyl (C=O) groups excluding carboxylic acids is 1. The van der Waals surface area contributed by atoms with Crippen LogP contribution in [0.3, 0.4) is 0 Å². The smallest absolute Gasteiger partial charge is 0.263 e. The number of amides is 1. The summed E-state index contributed by atoms with van der Waals surface area (Å²) in [6, 6.07) is 3.11. The molecule has 2 rings (SSSR count). The first-order valence-corrected chi connectivity index (χ1v) is 6.48. The minimum absolute atomic E-state index is 0.0220. The molecule has 7 heteroatoms. The van der Waals surface area contributed by atoms with Crippen molar-refractivity contribution in [3.05, 3.63) is 44.8 Å². The summed E-state index contributed by atoms with van der Waals surface area (Å²) in [6.07, 6.45) is 1.49. The molecule has 0 saturated heterocycles. The zero-order chi connectivity index (χ0) is 14.5. The number of hydrogen-bond acceptors (Lipinski definition) is 5. The summed E-state index contributed by atoms with van der Waals surface area (Å²) in [7, 11) is 0. The Labute approximate surface area is 118 Å². The van der Waals surface area contributed by atoms with Crippen molar-refractivity contribution in [2.45, 2.75) is 6.92 Å². The highest BCUT2D eigenvalue weighted by Gasteiger charge is 2.12. The molecule has 0 aliphatic rings. The predicted octanol–water partition coefficient (Wildman–Crippen LogP) is 0.736. The fourth-order valence-corrected chi connectivity index (χ4v) is 2.12. The number of hydrogen-bond donors (Lipinski definition) is 3. The highest BCUT2D eigenvalue weighted by atomic mass is 32.1. The molecule has 2 heterocycles. The summed E-state index contributed by atoms with van der Waals surface area (Å²) in [6.45, 7) is 1.49. The molecule has 3 N–H and O–H groups in total. The molecule has 0 atom stereocenters. The number of H-pyrrole nitrogens is 1. The van der Waals surface area contributed by atoms with Gasteiger partial charge in [0.1, 0.15) is 12.2 Å². The Kier molecular flexibility index (Phi) is 4.30. The summed E-state index contributed by atoms with van der Waals surface area (Å²) < 4.78 is 0. The maximum absolute atomic E-state index is 11.9. The topological polar surface area (TPSA) is 95.1 Å². The summed E-state index contributed by atoms with van der Waals surface area (Å²) in [5, 5.41) is 11.5.